The first kappa shape index (κ1) is 32.7. The summed E-state index contributed by atoms with van der Waals surface area (Å²) >= 11 is 6.02. The summed E-state index contributed by atoms with van der Waals surface area (Å²) < 4.78 is 20.2. The molecular weight excluding hydrogens is 585 g/mol. The molecule has 11 heteroatoms. The Kier molecular flexibility index (Phi) is 11.5. The second-order valence-electron chi connectivity index (χ2n) is 10.9. The molecule has 0 saturated heterocycles. The molecule has 4 rings (SSSR count). The van der Waals surface area contributed by atoms with E-state index in [0.29, 0.717) is 55.8 Å². The van der Waals surface area contributed by atoms with Crippen LogP contribution in [0.3, 0.4) is 0 Å². The summed E-state index contributed by atoms with van der Waals surface area (Å²) in [5, 5.41) is 9.03. The number of carbonyl (C=O) groups excluding carboxylic acids is 3. The van der Waals surface area contributed by atoms with Crippen molar-refractivity contribution in [2.75, 3.05) is 43.6 Å². The lowest BCUT2D eigenvalue weighted by molar-refractivity contribution is -0.135. The van der Waals surface area contributed by atoms with E-state index in [1.54, 1.807) is 31.3 Å². The van der Waals surface area contributed by atoms with Gasteiger partial charge in [0.1, 0.15) is 6.10 Å². The van der Waals surface area contributed by atoms with Gasteiger partial charge in [0.2, 0.25) is 11.8 Å². The van der Waals surface area contributed by atoms with E-state index in [0.717, 1.165) is 29.7 Å². The van der Waals surface area contributed by atoms with Crippen LogP contribution in [0.2, 0.25) is 5.02 Å². The van der Waals surface area contributed by atoms with Gasteiger partial charge in [0.15, 0.2) is 5.82 Å². The third kappa shape index (κ3) is 7.85. The van der Waals surface area contributed by atoms with Gasteiger partial charge in [-0.3, -0.25) is 19.4 Å². The number of hydrogen-bond donors (Lipinski definition) is 3. The molecule has 1 aliphatic rings. The van der Waals surface area contributed by atoms with Crippen molar-refractivity contribution in [1.29, 1.82) is 0 Å². The molecule has 9 nitrogen and oxygen atoms in total. The Balaban J connectivity index is 1.54. The molecule has 2 aromatic carbocycles. The molecule has 2 atom stereocenters. The number of amides is 2. The first-order valence-corrected chi connectivity index (χ1v) is 15.2. The zero-order valence-corrected chi connectivity index (χ0v) is 26.0. The molecule has 0 spiro atoms. The van der Waals surface area contributed by atoms with E-state index in [-0.39, 0.29) is 28.8 Å². The van der Waals surface area contributed by atoms with E-state index in [2.05, 4.69) is 20.9 Å². The number of anilines is 3. The van der Waals surface area contributed by atoms with E-state index in [9.17, 15) is 18.8 Å². The summed E-state index contributed by atoms with van der Waals surface area (Å²) in [6.45, 7) is 0.657. The molecular formula is C33H39ClFN5O4. The van der Waals surface area contributed by atoms with E-state index >= 15 is 0 Å². The third-order valence-electron chi connectivity index (χ3n) is 8.01. The van der Waals surface area contributed by atoms with Gasteiger partial charge in [-0.2, -0.15) is 0 Å². The van der Waals surface area contributed by atoms with Crippen molar-refractivity contribution < 1.29 is 23.5 Å². The molecule has 44 heavy (non-hydrogen) atoms. The highest BCUT2D eigenvalue weighted by atomic mass is 35.5. The molecule has 234 valence electrons. The summed E-state index contributed by atoms with van der Waals surface area (Å²) in [7, 11) is 5.21. The predicted octanol–water partition coefficient (Wildman–Crippen LogP) is 6.76. The molecule has 2 bridgehead atoms. The molecule has 2 unspecified atom stereocenters. The number of nitrogens with one attached hydrogen (secondary N) is 3. The summed E-state index contributed by atoms with van der Waals surface area (Å²) in [5.74, 6) is -1.25. The fourth-order valence-electron chi connectivity index (χ4n) is 5.62. The van der Waals surface area contributed by atoms with Crippen LogP contribution in [0.4, 0.5) is 21.5 Å². The highest BCUT2D eigenvalue weighted by Crippen LogP contribution is 2.36. The third-order valence-corrected chi connectivity index (χ3v) is 8.30. The fraction of sp³-hybridized carbons (Fsp3) is 0.394. The largest absolute Gasteiger partial charge is 0.460 e. The van der Waals surface area contributed by atoms with Gasteiger partial charge in [-0.1, -0.05) is 30.5 Å². The fourth-order valence-corrected chi connectivity index (χ4v) is 5.78. The SMILES string of the molecule is CNc1ccc2c(c1)NC(=O)CCCCCC(C(=O)N(C)CCCC(OC=O)c1c(NC)ccc(Cl)c1F)c1cc-2ccn1. The summed E-state index contributed by atoms with van der Waals surface area (Å²) in [6, 6.07) is 12.7. The van der Waals surface area contributed by atoms with Gasteiger partial charge in [-0.15, -0.1) is 0 Å². The Morgan fingerprint density at radius 3 is 2.75 bits per heavy atom. The van der Waals surface area contributed by atoms with E-state index in [4.69, 9.17) is 16.3 Å². The van der Waals surface area contributed by atoms with Crippen molar-refractivity contribution in [2.24, 2.45) is 0 Å². The lowest BCUT2D eigenvalue weighted by Gasteiger charge is -2.25. The van der Waals surface area contributed by atoms with Crippen molar-refractivity contribution in [2.45, 2.75) is 57.0 Å². The monoisotopic (exact) mass is 623 g/mol. The van der Waals surface area contributed by atoms with Crippen LogP contribution in [-0.4, -0.2) is 55.9 Å². The van der Waals surface area contributed by atoms with Crippen LogP contribution in [0.1, 0.15) is 68.2 Å². The maximum atomic E-state index is 15.0. The standard InChI is InChI=1S/C33H39ClFN5O4/c1-36-22-11-12-23-21-15-16-38-27(18-21)24(8-5-4-6-10-30(42)39-28(23)19-22)33(43)40(3)17-7-9-29(44-20-41)31-26(37-2)14-13-25(34)32(31)35/h11-16,18-20,24,29,36-37H,4-10,17H2,1-3H3,(H,39,42). The molecule has 0 aliphatic carbocycles. The Labute approximate surface area is 262 Å². The van der Waals surface area contributed by atoms with Gasteiger partial charge < -0.3 is 25.6 Å². The Morgan fingerprint density at radius 2 is 2.00 bits per heavy atom. The first-order chi connectivity index (χ1) is 21.3. The molecule has 0 radical (unpaired) electrons. The van der Waals surface area contributed by atoms with Crippen molar-refractivity contribution in [3.05, 3.63) is 70.8 Å². The van der Waals surface area contributed by atoms with Crippen molar-refractivity contribution >= 4 is 46.9 Å². The number of rotatable bonds is 10. The van der Waals surface area contributed by atoms with Crippen LogP contribution < -0.4 is 16.0 Å². The van der Waals surface area contributed by atoms with Crippen LogP contribution >= 0.6 is 11.6 Å². The second-order valence-corrected chi connectivity index (χ2v) is 11.3. The zero-order chi connectivity index (χ0) is 31.6. The summed E-state index contributed by atoms with van der Waals surface area (Å²) in [5.41, 5.74) is 4.57. The molecule has 0 fully saturated rings. The number of ether oxygens (including phenoxy) is 1. The Bertz CT molecular complexity index is 1490. The second kappa shape index (κ2) is 15.5. The van der Waals surface area contributed by atoms with E-state index in [1.165, 1.54) is 6.07 Å². The smallest absolute Gasteiger partial charge is 0.293 e. The van der Waals surface area contributed by atoms with Crippen LogP contribution in [0.25, 0.3) is 11.1 Å². The predicted molar refractivity (Wildman–Crippen MR) is 171 cm³/mol. The van der Waals surface area contributed by atoms with E-state index in [1.807, 2.05) is 37.4 Å². The van der Waals surface area contributed by atoms with Crippen molar-refractivity contribution in [3.63, 3.8) is 0 Å². The van der Waals surface area contributed by atoms with Crippen LogP contribution in [-0.2, 0) is 19.1 Å². The van der Waals surface area contributed by atoms with Gasteiger partial charge in [-0.25, -0.2) is 4.39 Å². The van der Waals surface area contributed by atoms with Crippen molar-refractivity contribution in [1.82, 2.24) is 9.88 Å². The lowest BCUT2D eigenvalue weighted by Crippen LogP contribution is -2.33. The Morgan fingerprint density at radius 1 is 1.18 bits per heavy atom. The summed E-state index contributed by atoms with van der Waals surface area (Å²) in [4.78, 5) is 44.2. The van der Waals surface area contributed by atoms with Crippen LogP contribution in [0.15, 0.2) is 48.7 Å². The van der Waals surface area contributed by atoms with Gasteiger partial charge in [0, 0.05) is 57.2 Å². The number of nitrogens with zero attached hydrogens (tertiary/aromatic N) is 2. The number of likely N-dealkylation sites (N-methyl/N-ethyl adjacent to an activating group) is 1. The first-order valence-electron chi connectivity index (χ1n) is 14.8. The minimum absolute atomic E-state index is 0.0447. The van der Waals surface area contributed by atoms with Gasteiger partial charge >= 0.3 is 0 Å². The number of carbonyl (C=O) groups is 3. The van der Waals surface area contributed by atoms with Crippen molar-refractivity contribution in [3.8, 4) is 11.1 Å². The molecule has 3 aromatic rings. The maximum Gasteiger partial charge on any atom is 0.293 e. The molecule has 0 saturated carbocycles. The molecule has 1 aliphatic heterocycles. The Hall–Kier alpha value is -4.18. The lowest BCUT2D eigenvalue weighted by atomic mass is 9.93. The minimum Gasteiger partial charge on any atom is -0.460 e. The van der Waals surface area contributed by atoms with Crippen LogP contribution in [0.5, 0.6) is 0 Å². The molecule has 3 N–H and O–H groups in total. The number of halogens is 2. The van der Waals surface area contributed by atoms with Gasteiger partial charge in [0.05, 0.1) is 27.9 Å². The zero-order valence-electron chi connectivity index (χ0n) is 25.3. The number of pyridine rings is 1. The average Bonchev–Trinajstić information content (AvgIpc) is 3.03. The van der Waals surface area contributed by atoms with Gasteiger partial charge in [-0.05, 0) is 67.6 Å². The highest BCUT2D eigenvalue weighted by molar-refractivity contribution is 6.30. The number of hydrogen-bond acceptors (Lipinski definition) is 7. The molecule has 2 heterocycles. The van der Waals surface area contributed by atoms with E-state index < -0.39 is 17.8 Å². The maximum absolute atomic E-state index is 15.0. The number of fused-ring (bicyclic) bond motifs is 4. The number of aromatic nitrogens is 1. The molecule has 2 amide bonds. The highest BCUT2D eigenvalue weighted by Gasteiger charge is 2.27. The van der Waals surface area contributed by atoms with Gasteiger partial charge in [0.25, 0.3) is 6.47 Å². The summed E-state index contributed by atoms with van der Waals surface area (Å²) in [6.07, 6.45) is 4.81. The quantitative estimate of drug-likeness (QED) is 0.214. The van der Waals surface area contributed by atoms with Crippen LogP contribution in [0, 0.1) is 5.82 Å². The average molecular weight is 624 g/mol. The minimum atomic E-state index is -0.874. The number of benzene rings is 2. The topological polar surface area (TPSA) is 113 Å². The molecule has 1 aromatic heterocycles. The normalized spacial score (nSPS) is 15.8.